The summed E-state index contributed by atoms with van der Waals surface area (Å²) in [4.78, 5) is 6.86. The first-order valence-electron chi connectivity index (χ1n) is 6.73. The lowest BCUT2D eigenvalue weighted by molar-refractivity contribution is 0.203. The van der Waals surface area contributed by atoms with E-state index in [1.54, 1.807) is 0 Å². The van der Waals surface area contributed by atoms with Crippen molar-refractivity contribution in [2.75, 3.05) is 31.6 Å². The number of hydrogen-bond acceptors (Lipinski definition) is 4. The van der Waals surface area contributed by atoms with E-state index >= 15 is 0 Å². The van der Waals surface area contributed by atoms with E-state index in [0.717, 1.165) is 31.6 Å². The van der Waals surface area contributed by atoms with Crippen molar-refractivity contribution in [1.82, 2.24) is 10.3 Å². The van der Waals surface area contributed by atoms with E-state index in [9.17, 15) is 0 Å². The van der Waals surface area contributed by atoms with Crippen LogP contribution in [0.5, 0.6) is 0 Å². The standard InChI is InChI=1S/C14H23N3O/c1-11(15-2)14-4-3-13(9-16-14)17-7-5-12(10-18)6-8-17/h3-4,9,11-12,15,18H,5-8,10H2,1-2H3. The number of aliphatic hydroxyl groups excluding tert-OH is 1. The van der Waals surface area contributed by atoms with Gasteiger partial charge in [-0.2, -0.15) is 0 Å². The minimum Gasteiger partial charge on any atom is -0.396 e. The van der Waals surface area contributed by atoms with Crippen molar-refractivity contribution in [3.05, 3.63) is 24.0 Å². The second-order valence-corrected chi connectivity index (χ2v) is 5.06. The largest absolute Gasteiger partial charge is 0.396 e. The monoisotopic (exact) mass is 249 g/mol. The average molecular weight is 249 g/mol. The first-order valence-corrected chi connectivity index (χ1v) is 6.73. The molecule has 2 heterocycles. The number of nitrogens with one attached hydrogen (secondary N) is 1. The van der Waals surface area contributed by atoms with Crippen molar-refractivity contribution in [3.8, 4) is 0 Å². The van der Waals surface area contributed by atoms with Crippen LogP contribution in [-0.2, 0) is 0 Å². The fraction of sp³-hybridized carbons (Fsp3) is 0.643. The second kappa shape index (κ2) is 6.16. The Morgan fingerprint density at radius 1 is 1.44 bits per heavy atom. The molecule has 2 N–H and O–H groups in total. The first kappa shape index (κ1) is 13.3. The predicted molar refractivity (Wildman–Crippen MR) is 73.7 cm³/mol. The fourth-order valence-electron chi connectivity index (χ4n) is 2.36. The third-order valence-electron chi connectivity index (χ3n) is 3.89. The number of aliphatic hydroxyl groups is 1. The third kappa shape index (κ3) is 3.00. The molecule has 0 amide bonds. The van der Waals surface area contributed by atoms with E-state index in [0.29, 0.717) is 18.6 Å². The highest BCUT2D eigenvalue weighted by Gasteiger charge is 2.18. The van der Waals surface area contributed by atoms with Crippen molar-refractivity contribution in [1.29, 1.82) is 0 Å². The van der Waals surface area contributed by atoms with Crippen molar-refractivity contribution in [2.24, 2.45) is 5.92 Å². The first-order chi connectivity index (χ1) is 8.74. The van der Waals surface area contributed by atoms with Gasteiger partial charge in [0.15, 0.2) is 0 Å². The summed E-state index contributed by atoms with van der Waals surface area (Å²) in [6.45, 7) is 4.47. The van der Waals surface area contributed by atoms with Crippen LogP contribution in [0.2, 0.25) is 0 Å². The summed E-state index contributed by atoms with van der Waals surface area (Å²) in [7, 11) is 1.94. The number of piperidine rings is 1. The molecule has 1 aromatic rings. The molecule has 0 bridgehead atoms. The molecule has 1 aliphatic rings. The van der Waals surface area contributed by atoms with Crippen LogP contribution in [0.1, 0.15) is 31.5 Å². The Balaban J connectivity index is 1.98. The summed E-state index contributed by atoms with van der Waals surface area (Å²) in [6.07, 6.45) is 4.11. The molecule has 1 unspecified atom stereocenters. The molecule has 0 aliphatic carbocycles. The van der Waals surface area contributed by atoms with Crippen LogP contribution in [0.25, 0.3) is 0 Å². The molecule has 4 heteroatoms. The Labute approximate surface area is 109 Å². The fourth-order valence-corrected chi connectivity index (χ4v) is 2.36. The zero-order valence-electron chi connectivity index (χ0n) is 11.3. The number of aromatic nitrogens is 1. The molecule has 1 saturated heterocycles. The molecule has 4 nitrogen and oxygen atoms in total. The molecule has 0 radical (unpaired) electrons. The molecule has 18 heavy (non-hydrogen) atoms. The number of pyridine rings is 1. The van der Waals surface area contributed by atoms with E-state index in [1.165, 1.54) is 5.69 Å². The van der Waals surface area contributed by atoms with E-state index in [-0.39, 0.29) is 0 Å². The molecule has 1 aromatic heterocycles. The third-order valence-corrected chi connectivity index (χ3v) is 3.89. The summed E-state index contributed by atoms with van der Waals surface area (Å²) in [5, 5.41) is 12.3. The summed E-state index contributed by atoms with van der Waals surface area (Å²) in [6, 6.07) is 4.53. The second-order valence-electron chi connectivity index (χ2n) is 5.06. The Morgan fingerprint density at radius 2 is 2.17 bits per heavy atom. The topological polar surface area (TPSA) is 48.4 Å². The minimum absolute atomic E-state index is 0.291. The van der Waals surface area contributed by atoms with Gasteiger partial charge in [-0.15, -0.1) is 0 Å². The summed E-state index contributed by atoms with van der Waals surface area (Å²) in [5.41, 5.74) is 2.27. The van der Waals surface area contributed by atoms with E-state index in [2.05, 4.69) is 34.3 Å². The summed E-state index contributed by atoms with van der Waals surface area (Å²) < 4.78 is 0. The zero-order valence-corrected chi connectivity index (χ0v) is 11.3. The number of anilines is 1. The highest BCUT2D eigenvalue weighted by molar-refractivity contribution is 5.45. The molecule has 1 fully saturated rings. The van der Waals surface area contributed by atoms with Crippen LogP contribution in [-0.4, -0.2) is 36.8 Å². The lowest BCUT2D eigenvalue weighted by Crippen LogP contribution is -2.34. The molecule has 1 aliphatic heterocycles. The van der Waals surface area contributed by atoms with Crippen LogP contribution >= 0.6 is 0 Å². The molecular formula is C14H23N3O. The van der Waals surface area contributed by atoms with E-state index in [4.69, 9.17) is 5.11 Å². The molecule has 1 atom stereocenters. The van der Waals surface area contributed by atoms with Gasteiger partial charge < -0.3 is 15.3 Å². The van der Waals surface area contributed by atoms with Crippen molar-refractivity contribution < 1.29 is 5.11 Å². The Kier molecular flexibility index (Phi) is 4.55. The minimum atomic E-state index is 0.291. The van der Waals surface area contributed by atoms with Gasteiger partial charge in [0.25, 0.3) is 0 Å². The Morgan fingerprint density at radius 3 is 2.67 bits per heavy atom. The molecular weight excluding hydrogens is 226 g/mol. The normalized spacial score (nSPS) is 18.9. The number of rotatable bonds is 4. The van der Waals surface area contributed by atoms with Crippen molar-refractivity contribution in [2.45, 2.75) is 25.8 Å². The predicted octanol–water partition coefficient (Wildman–Crippen LogP) is 1.57. The average Bonchev–Trinajstić information content (AvgIpc) is 2.47. The van der Waals surface area contributed by atoms with Crippen LogP contribution < -0.4 is 10.2 Å². The van der Waals surface area contributed by atoms with Gasteiger partial charge >= 0.3 is 0 Å². The quantitative estimate of drug-likeness (QED) is 0.850. The Hall–Kier alpha value is -1.13. The zero-order chi connectivity index (χ0) is 13.0. The van der Waals surface area contributed by atoms with Gasteiger partial charge in [0.2, 0.25) is 0 Å². The maximum Gasteiger partial charge on any atom is 0.0571 e. The maximum absolute atomic E-state index is 9.13. The van der Waals surface area contributed by atoms with Gasteiger partial charge in [-0.1, -0.05) is 0 Å². The van der Waals surface area contributed by atoms with Crippen molar-refractivity contribution >= 4 is 5.69 Å². The van der Waals surface area contributed by atoms with Gasteiger partial charge in [0.1, 0.15) is 0 Å². The van der Waals surface area contributed by atoms with E-state index < -0.39 is 0 Å². The Bertz CT molecular complexity index is 358. The van der Waals surface area contributed by atoms with Gasteiger partial charge in [-0.25, -0.2) is 0 Å². The van der Waals surface area contributed by atoms with Crippen LogP contribution in [0, 0.1) is 5.92 Å². The number of hydrogen-bond donors (Lipinski definition) is 2. The lowest BCUT2D eigenvalue weighted by atomic mass is 9.97. The van der Waals surface area contributed by atoms with Crippen molar-refractivity contribution in [3.63, 3.8) is 0 Å². The van der Waals surface area contributed by atoms with Gasteiger partial charge in [0.05, 0.1) is 17.6 Å². The molecule has 2 rings (SSSR count). The molecule has 0 spiro atoms. The lowest BCUT2D eigenvalue weighted by Gasteiger charge is -2.32. The van der Waals surface area contributed by atoms with Gasteiger partial charge in [-0.05, 0) is 44.9 Å². The molecule has 0 aromatic carbocycles. The highest BCUT2D eigenvalue weighted by atomic mass is 16.3. The molecule has 100 valence electrons. The van der Waals surface area contributed by atoms with Crippen LogP contribution in [0.3, 0.4) is 0 Å². The SMILES string of the molecule is CNC(C)c1ccc(N2CCC(CO)CC2)cn1. The highest BCUT2D eigenvalue weighted by Crippen LogP contribution is 2.23. The van der Waals surface area contributed by atoms with Gasteiger partial charge in [0, 0.05) is 25.7 Å². The molecule has 0 saturated carbocycles. The smallest absolute Gasteiger partial charge is 0.0571 e. The van der Waals surface area contributed by atoms with Crippen LogP contribution in [0.4, 0.5) is 5.69 Å². The maximum atomic E-state index is 9.13. The number of nitrogens with zero attached hydrogens (tertiary/aromatic N) is 2. The van der Waals surface area contributed by atoms with E-state index in [1.807, 2.05) is 13.2 Å². The van der Waals surface area contributed by atoms with Gasteiger partial charge in [-0.3, -0.25) is 4.98 Å². The van der Waals surface area contributed by atoms with Crippen LogP contribution in [0.15, 0.2) is 18.3 Å². The summed E-state index contributed by atoms with van der Waals surface area (Å²) >= 11 is 0. The summed E-state index contributed by atoms with van der Waals surface area (Å²) in [5.74, 6) is 0.484.